The summed E-state index contributed by atoms with van der Waals surface area (Å²) in [6, 6.07) is 8.25. The lowest BCUT2D eigenvalue weighted by Gasteiger charge is -2.31. The predicted octanol–water partition coefficient (Wildman–Crippen LogP) is 2.74. The lowest BCUT2D eigenvalue weighted by atomic mass is 9.95. The van der Waals surface area contributed by atoms with Crippen molar-refractivity contribution in [1.29, 1.82) is 0 Å². The van der Waals surface area contributed by atoms with Crippen molar-refractivity contribution in [2.75, 3.05) is 12.8 Å². The lowest BCUT2D eigenvalue weighted by molar-refractivity contribution is -0.123. The Morgan fingerprint density at radius 3 is 2.62 bits per heavy atom. The molecule has 1 atom stereocenters. The average Bonchev–Trinajstić information content (AvgIpc) is 2.56. The van der Waals surface area contributed by atoms with Crippen LogP contribution in [0.3, 0.4) is 0 Å². The van der Waals surface area contributed by atoms with Crippen molar-refractivity contribution >= 4 is 17.7 Å². The Kier molecular flexibility index (Phi) is 5.71. The van der Waals surface area contributed by atoms with Gasteiger partial charge in [0.1, 0.15) is 0 Å². The molecule has 0 fully saturated rings. The highest BCUT2D eigenvalue weighted by Crippen LogP contribution is 2.29. The molecule has 1 heterocycles. The molecule has 0 aliphatic carbocycles. The molecule has 1 aromatic rings. The molecule has 2 rings (SSSR count). The molecule has 1 amide bonds. The molecule has 4 heteroatoms. The number of rotatable bonds is 6. The maximum absolute atomic E-state index is 12.4. The zero-order chi connectivity index (χ0) is 15.3. The summed E-state index contributed by atoms with van der Waals surface area (Å²) in [7, 11) is 0. The minimum atomic E-state index is -0.104. The van der Waals surface area contributed by atoms with Gasteiger partial charge in [-0.05, 0) is 36.6 Å². The van der Waals surface area contributed by atoms with E-state index in [1.807, 2.05) is 17.8 Å². The predicted molar refractivity (Wildman–Crippen MR) is 90.6 cm³/mol. The minimum absolute atomic E-state index is 0.104. The van der Waals surface area contributed by atoms with E-state index < -0.39 is 0 Å². The number of carbonyl (C=O) groups is 1. The topological polar surface area (TPSA) is 41.1 Å². The number of hydrogen-bond acceptors (Lipinski definition) is 3. The molecular formula is C17H26N2OS. The van der Waals surface area contributed by atoms with Crippen molar-refractivity contribution in [1.82, 2.24) is 10.6 Å². The molecule has 0 spiro atoms. The molecule has 3 nitrogen and oxygen atoms in total. The molecule has 2 N–H and O–H groups in total. The van der Waals surface area contributed by atoms with E-state index in [1.54, 1.807) is 0 Å². The third kappa shape index (κ3) is 3.80. The highest BCUT2D eigenvalue weighted by molar-refractivity contribution is 8.00. The van der Waals surface area contributed by atoms with E-state index in [1.165, 1.54) is 11.1 Å². The van der Waals surface area contributed by atoms with Crippen LogP contribution < -0.4 is 10.6 Å². The van der Waals surface area contributed by atoms with Gasteiger partial charge in [0.15, 0.2) is 0 Å². The van der Waals surface area contributed by atoms with Crippen molar-refractivity contribution in [3.8, 4) is 0 Å². The summed E-state index contributed by atoms with van der Waals surface area (Å²) >= 11 is 1.86. The fraction of sp³-hybridized carbons (Fsp3) is 0.588. The Hall–Kier alpha value is -1.00. The molecule has 0 saturated carbocycles. The van der Waals surface area contributed by atoms with E-state index >= 15 is 0 Å². The largest absolute Gasteiger partial charge is 0.353 e. The summed E-state index contributed by atoms with van der Waals surface area (Å²) in [5.74, 6) is 0.129. The molecule has 0 saturated heterocycles. The van der Waals surface area contributed by atoms with Crippen LogP contribution in [0.2, 0.25) is 0 Å². The lowest BCUT2D eigenvalue weighted by Crippen LogP contribution is -2.50. The Morgan fingerprint density at radius 2 is 2.00 bits per heavy atom. The second-order valence-electron chi connectivity index (χ2n) is 5.72. The summed E-state index contributed by atoms with van der Waals surface area (Å²) in [5.41, 5.74) is 2.60. The van der Waals surface area contributed by atoms with Gasteiger partial charge < -0.3 is 10.6 Å². The van der Waals surface area contributed by atoms with Gasteiger partial charge in [0.2, 0.25) is 5.91 Å². The van der Waals surface area contributed by atoms with E-state index in [0.717, 1.165) is 32.4 Å². The first-order valence-corrected chi connectivity index (χ1v) is 8.99. The van der Waals surface area contributed by atoms with Gasteiger partial charge in [-0.15, -0.1) is 0 Å². The number of carbonyl (C=O) groups excluding carboxylic acids is 1. The number of hydrogen-bond donors (Lipinski definition) is 2. The van der Waals surface area contributed by atoms with Crippen LogP contribution in [0.15, 0.2) is 24.3 Å². The van der Waals surface area contributed by atoms with Crippen LogP contribution in [-0.4, -0.2) is 29.5 Å². The Labute approximate surface area is 132 Å². The van der Waals surface area contributed by atoms with Crippen molar-refractivity contribution < 1.29 is 4.79 Å². The molecule has 0 aromatic heterocycles. The zero-order valence-corrected chi connectivity index (χ0v) is 14.1. The molecule has 21 heavy (non-hydrogen) atoms. The summed E-state index contributed by atoms with van der Waals surface area (Å²) in [6.07, 6.45) is 5.07. The number of benzene rings is 1. The maximum atomic E-state index is 12.4. The van der Waals surface area contributed by atoms with Crippen molar-refractivity contribution in [2.45, 2.75) is 50.4 Å². The second-order valence-corrected chi connectivity index (χ2v) is 6.99. The van der Waals surface area contributed by atoms with Crippen LogP contribution in [-0.2, 0) is 17.8 Å². The van der Waals surface area contributed by atoms with Crippen LogP contribution in [0.1, 0.15) is 37.8 Å². The summed E-state index contributed by atoms with van der Waals surface area (Å²) in [5, 5.41) is 6.50. The standard InChI is InChI=1S/C17H26N2OS/c1-4-17(5-2,21-3)12-19-16(20)15-10-13-8-6-7-9-14(13)11-18-15/h6-9,15,18H,4-5,10-12H2,1-3H3,(H,19,20). The van der Waals surface area contributed by atoms with Gasteiger partial charge in [0.05, 0.1) is 6.04 Å². The first-order valence-electron chi connectivity index (χ1n) is 7.77. The third-order valence-corrected chi connectivity index (χ3v) is 6.29. The first-order chi connectivity index (χ1) is 10.1. The van der Waals surface area contributed by atoms with Crippen molar-refractivity contribution in [2.24, 2.45) is 0 Å². The Morgan fingerprint density at radius 1 is 1.33 bits per heavy atom. The Balaban J connectivity index is 1.93. The van der Waals surface area contributed by atoms with Crippen LogP contribution in [0.4, 0.5) is 0 Å². The highest BCUT2D eigenvalue weighted by Gasteiger charge is 2.28. The molecule has 0 bridgehead atoms. The van der Waals surface area contributed by atoms with Gasteiger partial charge in [-0.3, -0.25) is 4.79 Å². The van der Waals surface area contributed by atoms with Gasteiger partial charge in [-0.25, -0.2) is 0 Å². The molecule has 0 radical (unpaired) electrons. The minimum Gasteiger partial charge on any atom is -0.353 e. The van der Waals surface area contributed by atoms with Crippen LogP contribution in [0.5, 0.6) is 0 Å². The van der Waals surface area contributed by atoms with Crippen molar-refractivity contribution in [3.05, 3.63) is 35.4 Å². The van der Waals surface area contributed by atoms with E-state index in [0.29, 0.717) is 0 Å². The summed E-state index contributed by atoms with van der Waals surface area (Å²) < 4.78 is 0.169. The number of thioether (sulfide) groups is 1. The summed E-state index contributed by atoms with van der Waals surface area (Å²) in [4.78, 5) is 12.4. The molecular weight excluding hydrogens is 280 g/mol. The average molecular weight is 306 g/mol. The quantitative estimate of drug-likeness (QED) is 0.849. The second kappa shape index (κ2) is 7.32. The monoisotopic (exact) mass is 306 g/mol. The van der Waals surface area contributed by atoms with Gasteiger partial charge in [-0.1, -0.05) is 38.1 Å². The normalized spacial score (nSPS) is 18.1. The van der Waals surface area contributed by atoms with Gasteiger partial charge in [0.25, 0.3) is 0 Å². The zero-order valence-electron chi connectivity index (χ0n) is 13.2. The van der Waals surface area contributed by atoms with E-state index in [2.05, 4.69) is 48.9 Å². The summed E-state index contributed by atoms with van der Waals surface area (Å²) in [6.45, 7) is 5.92. The van der Waals surface area contributed by atoms with Gasteiger partial charge >= 0.3 is 0 Å². The molecule has 1 unspecified atom stereocenters. The maximum Gasteiger partial charge on any atom is 0.237 e. The molecule has 116 valence electrons. The number of amides is 1. The van der Waals surface area contributed by atoms with Crippen LogP contribution in [0, 0.1) is 0 Å². The van der Waals surface area contributed by atoms with Crippen LogP contribution in [0.25, 0.3) is 0 Å². The molecule has 1 aliphatic heterocycles. The molecule has 1 aliphatic rings. The first kappa shape index (κ1) is 16.4. The van der Waals surface area contributed by atoms with E-state index in [9.17, 15) is 4.79 Å². The Bertz CT molecular complexity index is 477. The smallest absolute Gasteiger partial charge is 0.237 e. The highest BCUT2D eigenvalue weighted by atomic mass is 32.2. The van der Waals surface area contributed by atoms with Gasteiger partial charge in [0, 0.05) is 17.8 Å². The SMILES string of the molecule is CCC(CC)(CNC(=O)C1Cc2ccccc2CN1)SC. The fourth-order valence-corrected chi connectivity index (χ4v) is 3.67. The number of nitrogens with one attached hydrogen (secondary N) is 2. The van der Waals surface area contributed by atoms with E-state index in [-0.39, 0.29) is 16.7 Å². The van der Waals surface area contributed by atoms with E-state index in [4.69, 9.17) is 0 Å². The number of fused-ring (bicyclic) bond motifs is 1. The van der Waals surface area contributed by atoms with Gasteiger partial charge in [-0.2, -0.15) is 11.8 Å². The fourth-order valence-electron chi connectivity index (χ4n) is 2.87. The molecule has 1 aromatic carbocycles. The van der Waals surface area contributed by atoms with Crippen molar-refractivity contribution in [3.63, 3.8) is 0 Å². The van der Waals surface area contributed by atoms with Crippen LogP contribution >= 0.6 is 11.8 Å². The third-order valence-electron chi connectivity index (χ3n) is 4.70.